The van der Waals surface area contributed by atoms with Gasteiger partial charge in [0, 0.05) is 32.6 Å². The molecule has 7 nitrogen and oxygen atoms in total. The SMILES string of the molecule is CN(C)c1nc(NC[C@H]2CC[C@H](CNS(=O)(=O)c3c(Cl)sc(Cl)c3Br)CC2)nc2ccccc12. The number of nitrogens with zero attached hydrogens (tertiary/aromatic N) is 3. The number of thiophene rings is 1. The number of aromatic nitrogens is 2. The molecule has 0 amide bonds. The first-order chi connectivity index (χ1) is 16.2. The number of fused-ring (bicyclic) bond motifs is 1. The van der Waals surface area contributed by atoms with E-state index < -0.39 is 10.0 Å². The van der Waals surface area contributed by atoms with E-state index in [1.165, 1.54) is 0 Å². The van der Waals surface area contributed by atoms with Gasteiger partial charge in [0.1, 0.15) is 19.4 Å². The predicted octanol–water partition coefficient (Wildman–Crippen LogP) is 6.02. The molecule has 0 aliphatic heterocycles. The van der Waals surface area contributed by atoms with E-state index >= 15 is 0 Å². The van der Waals surface area contributed by atoms with Gasteiger partial charge in [-0.15, -0.1) is 11.3 Å². The molecule has 4 rings (SSSR count). The van der Waals surface area contributed by atoms with Crippen LogP contribution >= 0.6 is 50.5 Å². The molecule has 0 atom stereocenters. The van der Waals surface area contributed by atoms with Crippen molar-refractivity contribution in [3.8, 4) is 0 Å². The van der Waals surface area contributed by atoms with E-state index in [0.29, 0.717) is 27.2 Å². The number of benzene rings is 1. The summed E-state index contributed by atoms with van der Waals surface area (Å²) in [5.41, 5.74) is 0.915. The highest BCUT2D eigenvalue weighted by atomic mass is 79.9. The van der Waals surface area contributed by atoms with E-state index in [1.807, 2.05) is 43.3 Å². The maximum Gasteiger partial charge on any atom is 0.244 e. The molecule has 1 aliphatic carbocycles. The lowest BCUT2D eigenvalue weighted by molar-refractivity contribution is 0.284. The topological polar surface area (TPSA) is 87.2 Å². The highest BCUT2D eigenvalue weighted by Gasteiger charge is 2.28. The van der Waals surface area contributed by atoms with Crippen molar-refractivity contribution in [1.29, 1.82) is 0 Å². The molecule has 0 unspecified atom stereocenters. The summed E-state index contributed by atoms with van der Waals surface area (Å²) in [5, 5.41) is 4.44. The largest absolute Gasteiger partial charge is 0.362 e. The Morgan fingerprint density at radius 1 is 1.06 bits per heavy atom. The summed E-state index contributed by atoms with van der Waals surface area (Å²) in [6.45, 7) is 1.18. The third-order valence-corrected chi connectivity index (χ3v) is 11.0. The van der Waals surface area contributed by atoms with Crippen LogP contribution in [0.4, 0.5) is 11.8 Å². The molecule has 34 heavy (non-hydrogen) atoms. The molecular weight excluding hydrogens is 581 g/mol. The van der Waals surface area contributed by atoms with Gasteiger partial charge in [0.25, 0.3) is 0 Å². The maximum absolute atomic E-state index is 12.7. The molecule has 0 saturated heterocycles. The van der Waals surface area contributed by atoms with E-state index in [9.17, 15) is 8.42 Å². The van der Waals surface area contributed by atoms with E-state index in [2.05, 4.69) is 31.0 Å². The third-order valence-electron chi connectivity index (χ3n) is 6.08. The van der Waals surface area contributed by atoms with Crippen LogP contribution in [0.1, 0.15) is 25.7 Å². The lowest BCUT2D eigenvalue weighted by atomic mass is 9.82. The Balaban J connectivity index is 1.30. The van der Waals surface area contributed by atoms with Gasteiger partial charge in [0.05, 0.1) is 9.99 Å². The second kappa shape index (κ2) is 10.8. The fraction of sp³-hybridized carbons (Fsp3) is 0.455. The van der Waals surface area contributed by atoms with Crippen molar-refractivity contribution in [2.75, 3.05) is 37.4 Å². The Hall–Kier alpha value is -1.17. The average molecular weight is 607 g/mol. The number of rotatable bonds is 8. The van der Waals surface area contributed by atoms with Crippen LogP contribution < -0.4 is 14.9 Å². The van der Waals surface area contributed by atoms with Crippen molar-refractivity contribution in [1.82, 2.24) is 14.7 Å². The Morgan fingerprint density at radius 2 is 1.71 bits per heavy atom. The lowest BCUT2D eigenvalue weighted by Gasteiger charge is -2.28. The van der Waals surface area contributed by atoms with Gasteiger partial charge in [-0.05, 0) is 65.6 Å². The molecule has 0 spiro atoms. The van der Waals surface area contributed by atoms with Crippen molar-refractivity contribution < 1.29 is 8.42 Å². The van der Waals surface area contributed by atoms with Crippen molar-refractivity contribution in [3.63, 3.8) is 0 Å². The quantitative estimate of drug-likeness (QED) is 0.326. The predicted molar refractivity (Wildman–Crippen MR) is 145 cm³/mol. The van der Waals surface area contributed by atoms with E-state index in [0.717, 1.165) is 60.3 Å². The molecule has 1 aliphatic rings. The molecule has 0 radical (unpaired) electrons. The van der Waals surface area contributed by atoms with Crippen LogP contribution in [0.2, 0.25) is 8.67 Å². The summed E-state index contributed by atoms with van der Waals surface area (Å²) in [6, 6.07) is 8.00. The van der Waals surface area contributed by atoms with Crippen molar-refractivity contribution >= 4 is 83.2 Å². The van der Waals surface area contributed by atoms with Gasteiger partial charge in [0.15, 0.2) is 0 Å². The molecule has 1 fully saturated rings. The van der Waals surface area contributed by atoms with Crippen LogP contribution in [0, 0.1) is 11.8 Å². The normalized spacial score (nSPS) is 18.9. The number of hydrogen-bond acceptors (Lipinski definition) is 7. The monoisotopic (exact) mass is 605 g/mol. The summed E-state index contributed by atoms with van der Waals surface area (Å²) in [4.78, 5) is 11.4. The van der Waals surface area contributed by atoms with E-state index in [-0.39, 0.29) is 15.1 Å². The molecule has 184 valence electrons. The minimum Gasteiger partial charge on any atom is -0.362 e. The Kier molecular flexibility index (Phi) is 8.26. The molecule has 3 aromatic rings. The van der Waals surface area contributed by atoms with Crippen LogP contribution in [0.3, 0.4) is 0 Å². The van der Waals surface area contributed by atoms with Crippen molar-refractivity contribution in [3.05, 3.63) is 37.4 Å². The average Bonchev–Trinajstić information content (AvgIpc) is 3.08. The number of halogens is 3. The van der Waals surface area contributed by atoms with Gasteiger partial charge in [-0.2, -0.15) is 4.98 Å². The highest BCUT2D eigenvalue weighted by molar-refractivity contribution is 9.10. The zero-order chi connectivity index (χ0) is 24.5. The van der Waals surface area contributed by atoms with Crippen LogP contribution in [0.15, 0.2) is 33.6 Å². The molecule has 1 aromatic carbocycles. The molecule has 12 heteroatoms. The standard InChI is InChI=1S/C22H26BrCl2N5O2S2/c1-30(2)21-15-5-3-4-6-16(15)28-22(29-21)26-11-13-7-9-14(10-8-13)12-27-34(31,32)18-17(23)19(24)33-20(18)25/h3-6,13-14,27H,7-12H2,1-2H3,(H,26,28,29)/t13-,14-. The summed E-state index contributed by atoms with van der Waals surface area (Å²) >= 11 is 16.4. The first kappa shape index (κ1) is 25.9. The van der Waals surface area contributed by atoms with Gasteiger partial charge < -0.3 is 10.2 Å². The molecular formula is C22H26BrCl2N5O2S2. The summed E-state index contributed by atoms with van der Waals surface area (Å²) in [6.07, 6.45) is 3.94. The number of para-hydroxylation sites is 1. The minimum atomic E-state index is -3.72. The zero-order valence-electron chi connectivity index (χ0n) is 18.8. The second-order valence-electron chi connectivity index (χ2n) is 8.69. The Morgan fingerprint density at radius 3 is 2.32 bits per heavy atom. The zero-order valence-corrected chi connectivity index (χ0v) is 23.5. The van der Waals surface area contributed by atoms with Crippen LogP contribution in [-0.4, -0.2) is 45.6 Å². The van der Waals surface area contributed by atoms with Crippen molar-refractivity contribution in [2.45, 2.75) is 30.6 Å². The Labute approximate surface area is 222 Å². The first-order valence-corrected chi connectivity index (χ1v) is 14.8. The molecule has 2 N–H and O–H groups in total. The summed E-state index contributed by atoms with van der Waals surface area (Å²) < 4.78 is 29.0. The fourth-order valence-electron chi connectivity index (χ4n) is 4.22. The number of hydrogen-bond donors (Lipinski definition) is 2. The smallest absolute Gasteiger partial charge is 0.244 e. The number of sulfonamides is 1. The van der Waals surface area contributed by atoms with Crippen LogP contribution in [0.5, 0.6) is 0 Å². The molecule has 2 heterocycles. The van der Waals surface area contributed by atoms with E-state index in [1.54, 1.807) is 0 Å². The van der Waals surface area contributed by atoms with Gasteiger partial charge >= 0.3 is 0 Å². The van der Waals surface area contributed by atoms with Crippen LogP contribution in [0.25, 0.3) is 10.9 Å². The van der Waals surface area contributed by atoms with Gasteiger partial charge in [0.2, 0.25) is 16.0 Å². The van der Waals surface area contributed by atoms with Crippen molar-refractivity contribution in [2.24, 2.45) is 11.8 Å². The van der Waals surface area contributed by atoms with Gasteiger partial charge in [-0.3, -0.25) is 0 Å². The minimum absolute atomic E-state index is 0.0227. The Bertz CT molecular complexity index is 1280. The highest BCUT2D eigenvalue weighted by Crippen LogP contribution is 2.43. The second-order valence-corrected chi connectivity index (χ2v) is 13.4. The number of anilines is 2. The van der Waals surface area contributed by atoms with Crippen LogP contribution in [-0.2, 0) is 10.0 Å². The molecule has 1 saturated carbocycles. The first-order valence-electron chi connectivity index (χ1n) is 11.0. The molecule has 0 bridgehead atoms. The van der Waals surface area contributed by atoms with Gasteiger partial charge in [-0.1, -0.05) is 35.3 Å². The maximum atomic E-state index is 12.7. The third kappa shape index (κ3) is 5.79. The lowest BCUT2D eigenvalue weighted by Crippen LogP contribution is -2.32. The summed E-state index contributed by atoms with van der Waals surface area (Å²) in [5.74, 6) is 2.30. The summed E-state index contributed by atoms with van der Waals surface area (Å²) in [7, 11) is 0.235. The fourth-order valence-corrected chi connectivity index (χ4v) is 8.89. The number of nitrogens with one attached hydrogen (secondary N) is 2. The van der Waals surface area contributed by atoms with E-state index in [4.69, 9.17) is 28.2 Å². The van der Waals surface area contributed by atoms with Gasteiger partial charge in [-0.25, -0.2) is 18.1 Å². The molecule has 2 aromatic heterocycles.